The van der Waals surface area contributed by atoms with Crippen LogP contribution >= 0.6 is 22.9 Å². The first-order chi connectivity index (χ1) is 21.4. The second kappa shape index (κ2) is 12.4. The number of rotatable bonds is 8. The van der Waals surface area contributed by atoms with Crippen molar-refractivity contribution < 1.29 is 23.4 Å². The van der Waals surface area contributed by atoms with Crippen molar-refractivity contribution in [2.45, 2.75) is 13.0 Å². The van der Waals surface area contributed by atoms with E-state index >= 15 is 0 Å². The highest BCUT2D eigenvalue weighted by Crippen LogP contribution is 2.38. The summed E-state index contributed by atoms with van der Waals surface area (Å²) in [7, 11) is 3.08. The summed E-state index contributed by atoms with van der Waals surface area (Å²) in [5, 5.41) is 0.628. The Kier molecular flexibility index (Phi) is 8.23. The first kappa shape index (κ1) is 29.2. The minimum Gasteiger partial charge on any atom is -0.493 e. The van der Waals surface area contributed by atoms with Crippen molar-refractivity contribution in [1.82, 2.24) is 4.57 Å². The van der Waals surface area contributed by atoms with E-state index < -0.39 is 12.0 Å². The van der Waals surface area contributed by atoms with Gasteiger partial charge in [0.25, 0.3) is 5.56 Å². The molecule has 0 bridgehead atoms. The molecule has 6 rings (SSSR count). The standard InChI is InChI=1S/C34H27ClN2O6S/c1-4-42-33(39)29-30(21-8-6-5-7-9-21)36-34-37(31(29)22-12-16-26(40-2)27(18-22)41-3)32(38)28(44-34)19-24-15-17-25(43-24)20-10-13-23(35)14-11-20/h5-19,31H,4H2,1-3H3/b28-19-/t31-/m0/s1. The summed E-state index contributed by atoms with van der Waals surface area (Å²) in [5.74, 6) is 1.54. The molecule has 3 heterocycles. The Morgan fingerprint density at radius 3 is 2.43 bits per heavy atom. The molecule has 0 amide bonds. The molecule has 1 atom stereocenters. The topological polar surface area (TPSA) is 92.3 Å². The van der Waals surface area contributed by atoms with Gasteiger partial charge in [0.1, 0.15) is 11.5 Å². The van der Waals surface area contributed by atoms with E-state index in [4.69, 9.17) is 35.2 Å². The molecule has 0 fully saturated rings. The van der Waals surface area contributed by atoms with Crippen LogP contribution in [0.1, 0.15) is 29.9 Å². The van der Waals surface area contributed by atoms with Crippen LogP contribution in [-0.2, 0) is 9.53 Å². The molecule has 3 aromatic carbocycles. The van der Waals surface area contributed by atoms with Crippen molar-refractivity contribution in [2.75, 3.05) is 20.8 Å². The van der Waals surface area contributed by atoms with Gasteiger partial charge in [0.2, 0.25) is 0 Å². The molecule has 5 aromatic rings. The Morgan fingerprint density at radius 1 is 0.977 bits per heavy atom. The van der Waals surface area contributed by atoms with Crippen LogP contribution in [0.3, 0.4) is 0 Å². The van der Waals surface area contributed by atoms with Gasteiger partial charge >= 0.3 is 5.97 Å². The lowest BCUT2D eigenvalue weighted by molar-refractivity contribution is -0.138. The maximum absolute atomic E-state index is 14.2. The average molecular weight is 627 g/mol. The largest absolute Gasteiger partial charge is 0.493 e. The Morgan fingerprint density at radius 2 is 1.73 bits per heavy atom. The molecule has 1 aliphatic rings. The zero-order valence-corrected chi connectivity index (χ0v) is 25.6. The van der Waals surface area contributed by atoms with Gasteiger partial charge in [-0.1, -0.05) is 59.3 Å². The summed E-state index contributed by atoms with van der Waals surface area (Å²) in [5.41, 5.74) is 2.55. The predicted octanol–water partition coefficient (Wildman–Crippen LogP) is 5.87. The highest BCUT2D eigenvalue weighted by molar-refractivity contribution is 7.07. The van der Waals surface area contributed by atoms with Crippen LogP contribution in [0.4, 0.5) is 0 Å². The number of benzene rings is 3. The molecule has 0 aliphatic carbocycles. The first-order valence-corrected chi connectivity index (χ1v) is 15.0. The van der Waals surface area contributed by atoms with Crippen LogP contribution in [-0.4, -0.2) is 31.4 Å². The first-order valence-electron chi connectivity index (χ1n) is 13.8. The lowest BCUT2D eigenvalue weighted by Gasteiger charge is -2.26. The highest BCUT2D eigenvalue weighted by atomic mass is 35.5. The third-order valence-corrected chi connectivity index (χ3v) is 8.36. The molecular formula is C34H27ClN2O6S. The fraction of sp³-hybridized carbons (Fsp3) is 0.147. The summed E-state index contributed by atoms with van der Waals surface area (Å²) < 4.78 is 24.6. The second-order valence-electron chi connectivity index (χ2n) is 9.75. The average Bonchev–Trinajstić information content (AvgIpc) is 3.64. The van der Waals surface area contributed by atoms with E-state index in [0.717, 1.165) is 11.1 Å². The summed E-state index contributed by atoms with van der Waals surface area (Å²) in [6.07, 6.45) is 1.69. The molecule has 0 radical (unpaired) electrons. The number of hydrogen-bond donors (Lipinski definition) is 0. The van der Waals surface area contributed by atoms with Gasteiger partial charge < -0.3 is 18.6 Å². The number of thiazole rings is 1. The number of carbonyl (C=O) groups is 1. The Bertz CT molecular complexity index is 2060. The smallest absolute Gasteiger partial charge is 0.338 e. The molecule has 222 valence electrons. The number of furan rings is 1. The minimum absolute atomic E-state index is 0.155. The molecule has 0 saturated carbocycles. The fourth-order valence-corrected chi connectivity index (χ4v) is 6.21. The van der Waals surface area contributed by atoms with E-state index in [1.807, 2.05) is 48.5 Å². The molecule has 2 aromatic heterocycles. The van der Waals surface area contributed by atoms with Gasteiger partial charge in [-0.05, 0) is 61.0 Å². The van der Waals surface area contributed by atoms with Gasteiger partial charge in [-0.3, -0.25) is 9.36 Å². The lowest BCUT2D eigenvalue weighted by Crippen LogP contribution is -2.40. The number of hydrogen-bond acceptors (Lipinski definition) is 8. The van der Waals surface area contributed by atoms with E-state index in [1.165, 1.54) is 23.0 Å². The van der Waals surface area contributed by atoms with Gasteiger partial charge in [-0.15, -0.1) is 0 Å². The second-order valence-corrected chi connectivity index (χ2v) is 11.2. The zero-order valence-electron chi connectivity index (χ0n) is 24.1. The highest BCUT2D eigenvalue weighted by Gasteiger charge is 2.35. The van der Waals surface area contributed by atoms with Gasteiger partial charge in [0, 0.05) is 22.2 Å². The molecule has 0 unspecified atom stereocenters. The number of nitrogens with zero attached hydrogens (tertiary/aromatic N) is 2. The number of halogens is 1. The molecule has 10 heteroatoms. The molecule has 8 nitrogen and oxygen atoms in total. The summed E-state index contributed by atoms with van der Waals surface area (Å²) in [4.78, 5) is 33.1. The van der Waals surface area contributed by atoms with E-state index in [1.54, 1.807) is 56.5 Å². The molecule has 0 saturated heterocycles. The Balaban J connectivity index is 1.58. The Labute approximate surface area is 261 Å². The minimum atomic E-state index is -0.858. The van der Waals surface area contributed by atoms with Crippen LogP contribution in [0.25, 0.3) is 23.1 Å². The molecule has 1 aliphatic heterocycles. The van der Waals surface area contributed by atoms with Crippen LogP contribution < -0.4 is 24.4 Å². The molecular weight excluding hydrogens is 600 g/mol. The number of methoxy groups -OCH3 is 2. The van der Waals surface area contributed by atoms with Gasteiger partial charge in [-0.2, -0.15) is 0 Å². The van der Waals surface area contributed by atoms with E-state index in [-0.39, 0.29) is 17.7 Å². The van der Waals surface area contributed by atoms with Crippen LogP contribution in [0.15, 0.2) is 105 Å². The quantitative estimate of drug-likeness (QED) is 0.200. The lowest BCUT2D eigenvalue weighted by atomic mass is 9.93. The van der Waals surface area contributed by atoms with Gasteiger partial charge in [0.15, 0.2) is 16.3 Å². The van der Waals surface area contributed by atoms with Gasteiger partial charge in [-0.25, -0.2) is 9.79 Å². The predicted molar refractivity (Wildman–Crippen MR) is 170 cm³/mol. The summed E-state index contributed by atoms with van der Waals surface area (Å²) >= 11 is 7.25. The van der Waals surface area contributed by atoms with Crippen molar-refractivity contribution in [2.24, 2.45) is 4.99 Å². The molecule has 0 N–H and O–H groups in total. The fourth-order valence-electron chi connectivity index (χ4n) is 5.11. The van der Waals surface area contributed by atoms with Crippen LogP contribution in [0.5, 0.6) is 11.5 Å². The molecule has 44 heavy (non-hydrogen) atoms. The van der Waals surface area contributed by atoms with Crippen LogP contribution in [0.2, 0.25) is 5.02 Å². The summed E-state index contributed by atoms with van der Waals surface area (Å²) in [6.45, 7) is 1.89. The van der Waals surface area contributed by atoms with Crippen molar-refractivity contribution in [3.63, 3.8) is 0 Å². The third kappa shape index (κ3) is 5.47. The normalized spacial score (nSPS) is 14.6. The van der Waals surface area contributed by atoms with Crippen molar-refractivity contribution in [1.29, 1.82) is 0 Å². The summed E-state index contributed by atoms with van der Waals surface area (Å²) in [6, 6.07) is 24.8. The van der Waals surface area contributed by atoms with Crippen LogP contribution in [0, 0.1) is 0 Å². The number of fused-ring (bicyclic) bond motifs is 1. The third-order valence-electron chi connectivity index (χ3n) is 7.13. The zero-order chi connectivity index (χ0) is 30.8. The van der Waals surface area contributed by atoms with E-state index in [9.17, 15) is 9.59 Å². The number of carbonyl (C=O) groups excluding carboxylic acids is 1. The number of aromatic nitrogens is 1. The van der Waals surface area contributed by atoms with E-state index in [2.05, 4.69) is 0 Å². The van der Waals surface area contributed by atoms with Crippen molar-refractivity contribution in [3.05, 3.63) is 132 Å². The van der Waals surface area contributed by atoms with Crippen molar-refractivity contribution >= 4 is 40.7 Å². The Hall–Kier alpha value is -4.86. The maximum atomic E-state index is 14.2. The van der Waals surface area contributed by atoms with Crippen molar-refractivity contribution in [3.8, 4) is 22.8 Å². The maximum Gasteiger partial charge on any atom is 0.338 e. The number of ether oxygens (including phenoxy) is 3. The SMILES string of the molecule is CCOC(=O)C1=C(c2ccccc2)N=c2s/c(=C\c3ccc(-c4ccc(Cl)cc4)o3)c(=O)n2[C@H]1c1ccc(OC)c(OC)c1. The van der Waals surface area contributed by atoms with Gasteiger partial charge in [0.05, 0.1) is 42.7 Å². The number of esters is 1. The monoisotopic (exact) mass is 626 g/mol. The molecule has 0 spiro atoms. The van der Waals surface area contributed by atoms with E-state index in [0.29, 0.717) is 48.6 Å².